The SMILES string of the molecule is CC(NC(=O)C(CCCCN)NC(=O)C(CC(N)=O)NC(=O)C(N)C(C)O)C(=O)O. The lowest BCUT2D eigenvalue weighted by molar-refractivity contribution is -0.142. The highest BCUT2D eigenvalue weighted by molar-refractivity contribution is 5.96. The van der Waals surface area contributed by atoms with E-state index < -0.39 is 66.3 Å². The number of aliphatic carboxylic acids is 1. The van der Waals surface area contributed by atoms with Crippen LogP contribution < -0.4 is 33.2 Å². The molecule has 0 spiro atoms. The predicted octanol–water partition coefficient (Wildman–Crippen LogP) is -3.74. The predicted molar refractivity (Wildman–Crippen MR) is 105 cm³/mol. The third kappa shape index (κ3) is 10.1. The summed E-state index contributed by atoms with van der Waals surface area (Å²) in [6.45, 7) is 2.88. The van der Waals surface area contributed by atoms with Crippen molar-refractivity contribution in [1.82, 2.24) is 16.0 Å². The summed E-state index contributed by atoms with van der Waals surface area (Å²) in [4.78, 5) is 59.3. The highest BCUT2D eigenvalue weighted by Gasteiger charge is 2.30. The minimum Gasteiger partial charge on any atom is -0.480 e. The van der Waals surface area contributed by atoms with E-state index in [0.29, 0.717) is 19.4 Å². The Bertz CT molecular complexity index is 628. The molecule has 0 aromatic carbocycles. The Labute approximate surface area is 174 Å². The summed E-state index contributed by atoms with van der Waals surface area (Å²) < 4.78 is 0. The molecule has 13 heteroatoms. The minimum atomic E-state index is -1.44. The number of carboxylic acid groups (broad SMARTS) is 1. The highest BCUT2D eigenvalue weighted by atomic mass is 16.4. The summed E-state index contributed by atoms with van der Waals surface area (Å²) in [6.07, 6.45) is -0.637. The zero-order valence-electron chi connectivity index (χ0n) is 17.1. The van der Waals surface area contributed by atoms with Crippen LogP contribution in [-0.2, 0) is 24.0 Å². The summed E-state index contributed by atoms with van der Waals surface area (Å²) in [5, 5.41) is 25.2. The van der Waals surface area contributed by atoms with Gasteiger partial charge in [0.1, 0.15) is 24.2 Å². The molecule has 0 aromatic rings. The summed E-state index contributed by atoms with van der Waals surface area (Å²) >= 11 is 0. The molecule has 5 unspecified atom stereocenters. The number of nitrogens with two attached hydrogens (primary N) is 3. The van der Waals surface area contributed by atoms with Gasteiger partial charge in [0.05, 0.1) is 12.5 Å². The fourth-order valence-corrected chi connectivity index (χ4v) is 2.31. The molecule has 0 radical (unpaired) electrons. The van der Waals surface area contributed by atoms with Crippen LogP contribution in [0.15, 0.2) is 0 Å². The van der Waals surface area contributed by atoms with Gasteiger partial charge < -0.3 is 43.4 Å². The molecule has 0 saturated heterocycles. The monoisotopic (exact) mass is 432 g/mol. The number of nitrogens with one attached hydrogen (secondary N) is 3. The molecule has 0 heterocycles. The lowest BCUT2D eigenvalue weighted by Gasteiger charge is -2.24. The Hall–Kier alpha value is -2.77. The third-order valence-corrected chi connectivity index (χ3v) is 4.17. The van der Waals surface area contributed by atoms with Crippen LogP contribution in [0.4, 0.5) is 0 Å². The first-order chi connectivity index (χ1) is 13.9. The lowest BCUT2D eigenvalue weighted by Crippen LogP contribution is -2.58. The molecule has 0 aliphatic rings. The molecule has 0 fully saturated rings. The van der Waals surface area contributed by atoms with Gasteiger partial charge in [0, 0.05) is 0 Å². The standard InChI is InChI=1S/C17H32N6O7/c1-8(17(29)30)21-14(26)10(5-3-4-6-18)22-15(27)11(7-12(19)25)23-16(28)13(20)9(2)24/h8-11,13,24H,3-7,18,20H2,1-2H3,(H2,19,25)(H,21,26)(H,22,27)(H,23,28)(H,29,30). The molecular weight excluding hydrogens is 400 g/mol. The van der Waals surface area contributed by atoms with Gasteiger partial charge in [0.15, 0.2) is 0 Å². The average molecular weight is 432 g/mol. The van der Waals surface area contributed by atoms with E-state index in [1.165, 1.54) is 13.8 Å². The molecular formula is C17H32N6O7. The van der Waals surface area contributed by atoms with Crippen molar-refractivity contribution in [3.63, 3.8) is 0 Å². The van der Waals surface area contributed by atoms with E-state index in [9.17, 15) is 29.1 Å². The molecule has 4 amide bonds. The molecule has 5 atom stereocenters. The zero-order chi connectivity index (χ0) is 23.4. The molecule has 0 aliphatic heterocycles. The molecule has 0 aliphatic carbocycles. The van der Waals surface area contributed by atoms with Crippen LogP contribution in [0.25, 0.3) is 0 Å². The molecule has 0 rings (SSSR count). The van der Waals surface area contributed by atoms with Crippen molar-refractivity contribution < 1.29 is 34.2 Å². The first kappa shape index (κ1) is 27.2. The van der Waals surface area contributed by atoms with Gasteiger partial charge >= 0.3 is 5.97 Å². The number of amides is 4. The number of hydrogen-bond donors (Lipinski definition) is 8. The van der Waals surface area contributed by atoms with Gasteiger partial charge in [-0.2, -0.15) is 0 Å². The first-order valence-electron chi connectivity index (χ1n) is 9.46. The van der Waals surface area contributed by atoms with E-state index in [0.717, 1.165) is 0 Å². The molecule has 30 heavy (non-hydrogen) atoms. The topological polar surface area (TPSA) is 240 Å². The number of carbonyl (C=O) groups excluding carboxylic acids is 4. The van der Waals surface area contributed by atoms with Gasteiger partial charge in [-0.25, -0.2) is 0 Å². The number of primary amides is 1. The number of carbonyl (C=O) groups is 5. The molecule has 11 N–H and O–H groups in total. The maximum Gasteiger partial charge on any atom is 0.325 e. The van der Waals surface area contributed by atoms with Gasteiger partial charge in [-0.1, -0.05) is 0 Å². The van der Waals surface area contributed by atoms with Crippen molar-refractivity contribution in [3.05, 3.63) is 0 Å². The fourth-order valence-electron chi connectivity index (χ4n) is 2.31. The Kier molecular flexibility index (Phi) is 12.2. The Morgan fingerprint density at radius 1 is 0.900 bits per heavy atom. The van der Waals surface area contributed by atoms with Crippen LogP contribution in [0, 0.1) is 0 Å². The van der Waals surface area contributed by atoms with E-state index >= 15 is 0 Å². The summed E-state index contributed by atoms with van der Waals surface area (Å²) in [5.41, 5.74) is 16.1. The molecule has 0 bridgehead atoms. The van der Waals surface area contributed by atoms with Crippen LogP contribution >= 0.6 is 0 Å². The van der Waals surface area contributed by atoms with Crippen molar-refractivity contribution in [2.24, 2.45) is 17.2 Å². The molecule has 0 aromatic heterocycles. The second-order valence-electron chi connectivity index (χ2n) is 6.91. The summed E-state index contributed by atoms with van der Waals surface area (Å²) in [5.74, 6) is -4.70. The highest BCUT2D eigenvalue weighted by Crippen LogP contribution is 2.04. The Morgan fingerprint density at radius 3 is 1.90 bits per heavy atom. The van der Waals surface area contributed by atoms with Crippen LogP contribution in [-0.4, -0.2) is 76.6 Å². The number of rotatable bonds is 14. The Balaban J connectivity index is 5.36. The summed E-state index contributed by atoms with van der Waals surface area (Å²) in [7, 11) is 0. The fraction of sp³-hybridized carbons (Fsp3) is 0.706. The second kappa shape index (κ2) is 13.5. The van der Waals surface area contributed by atoms with Crippen LogP contribution in [0.5, 0.6) is 0 Å². The number of aliphatic hydroxyl groups is 1. The van der Waals surface area contributed by atoms with Gasteiger partial charge in [-0.3, -0.25) is 24.0 Å². The zero-order valence-corrected chi connectivity index (χ0v) is 17.1. The number of hydrogen-bond acceptors (Lipinski definition) is 8. The van der Waals surface area contributed by atoms with Crippen molar-refractivity contribution >= 4 is 29.6 Å². The molecule has 13 nitrogen and oxygen atoms in total. The Morgan fingerprint density at radius 2 is 1.43 bits per heavy atom. The quantitative estimate of drug-likeness (QED) is 0.126. The van der Waals surface area contributed by atoms with E-state index in [-0.39, 0.29) is 6.42 Å². The van der Waals surface area contributed by atoms with Gasteiger partial charge in [0.2, 0.25) is 23.6 Å². The van der Waals surface area contributed by atoms with Crippen molar-refractivity contribution in [2.45, 2.75) is 69.8 Å². The van der Waals surface area contributed by atoms with E-state index in [1.807, 2.05) is 0 Å². The van der Waals surface area contributed by atoms with Crippen molar-refractivity contribution in [3.8, 4) is 0 Å². The minimum absolute atomic E-state index is 0.144. The van der Waals surface area contributed by atoms with Crippen LogP contribution in [0.2, 0.25) is 0 Å². The number of aliphatic hydroxyl groups excluding tert-OH is 1. The number of unbranched alkanes of at least 4 members (excludes halogenated alkanes) is 1. The maximum atomic E-state index is 12.6. The van der Waals surface area contributed by atoms with E-state index in [4.69, 9.17) is 22.3 Å². The van der Waals surface area contributed by atoms with Crippen LogP contribution in [0.3, 0.4) is 0 Å². The van der Waals surface area contributed by atoms with E-state index in [2.05, 4.69) is 16.0 Å². The normalized spacial score (nSPS) is 15.8. The maximum absolute atomic E-state index is 12.6. The molecule has 0 saturated carbocycles. The van der Waals surface area contributed by atoms with Crippen molar-refractivity contribution in [2.75, 3.05) is 6.54 Å². The smallest absolute Gasteiger partial charge is 0.325 e. The van der Waals surface area contributed by atoms with E-state index in [1.54, 1.807) is 0 Å². The first-order valence-corrected chi connectivity index (χ1v) is 9.46. The van der Waals surface area contributed by atoms with Crippen molar-refractivity contribution in [1.29, 1.82) is 0 Å². The van der Waals surface area contributed by atoms with Gasteiger partial charge in [0.25, 0.3) is 0 Å². The largest absolute Gasteiger partial charge is 0.480 e. The van der Waals surface area contributed by atoms with Gasteiger partial charge in [-0.15, -0.1) is 0 Å². The molecule has 172 valence electrons. The average Bonchev–Trinajstić information content (AvgIpc) is 2.65. The summed E-state index contributed by atoms with van der Waals surface area (Å²) in [6, 6.07) is -5.13. The van der Waals surface area contributed by atoms with Crippen LogP contribution in [0.1, 0.15) is 39.5 Å². The van der Waals surface area contributed by atoms with Gasteiger partial charge in [-0.05, 0) is 39.7 Å². The lowest BCUT2D eigenvalue weighted by atomic mass is 10.1. The third-order valence-electron chi connectivity index (χ3n) is 4.17. The second-order valence-corrected chi connectivity index (χ2v) is 6.91. The number of carboxylic acids is 1.